The molecule has 0 aliphatic carbocycles. The van der Waals surface area contributed by atoms with Crippen molar-refractivity contribution >= 4 is 24.2 Å². The zero-order valence-electron chi connectivity index (χ0n) is 6.11. The third-order valence-corrected chi connectivity index (χ3v) is 1.59. The number of thioether (sulfide) groups is 1. The predicted octanol–water partition coefficient (Wildman–Crippen LogP) is 1.06. The molecule has 0 saturated carbocycles. The quantitative estimate of drug-likeness (QED) is 0.731. The van der Waals surface area contributed by atoms with Gasteiger partial charge in [0.25, 0.3) is 5.22 Å². The minimum atomic E-state index is 0. The molecular weight excluding hydrogens is 186 g/mol. The zero-order chi connectivity index (χ0) is 7.40. The fourth-order valence-corrected chi connectivity index (χ4v) is 1.00. The zero-order valence-corrected chi connectivity index (χ0v) is 7.74. The van der Waals surface area contributed by atoms with Crippen molar-refractivity contribution in [2.45, 2.75) is 18.7 Å². The van der Waals surface area contributed by atoms with Crippen molar-refractivity contribution in [3.05, 3.63) is 5.89 Å². The third-order valence-electron chi connectivity index (χ3n) is 0.891. The molecule has 6 heteroatoms. The van der Waals surface area contributed by atoms with E-state index in [1.807, 2.05) is 6.92 Å². The summed E-state index contributed by atoms with van der Waals surface area (Å²) >= 11 is 1.52. The summed E-state index contributed by atoms with van der Waals surface area (Å²) in [6.45, 7) is 2.34. The van der Waals surface area contributed by atoms with E-state index in [1.165, 1.54) is 11.8 Å². The molecule has 0 spiro atoms. The largest absolute Gasteiger partial charge is 0.415 e. The van der Waals surface area contributed by atoms with Gasteiger partial charge in [0, 0.05) is 0 Å². The lowest BCUT2D eigenvalue weighted by molar-refractivity contribution is 0.415. The summed E-state index contributed by atoms with van der Waals surface area (Å²) in [5, 5.41) is 8.03. The van der Waals surface area contributed by atoms with Gasteiger partial charge in [0.05, 0.1) is 6.54 Å². The lowest BCUT2D eigenvalue weighted by Gasteiger charge is -1.84. The van der Waals surface area contributed by atoms with Crippen LogP contribution in [0.25, 0.3) is 0 Å². The molecule has 0 unspecified atom stereocenters. The van der Waals surface area contributed by atoms with E-state index in [4.69, 9.17) is 10.2 Å². The maximum absolute atomic E-state index is 5.25. The SMILES string of the molecule is CCSc1nnc(CN)o1.Cl. The van der Waals surface area contributed by atoms with Gasteiger partial charge < -0.3 is 10.2 Å². The molecule has 1 aromatic rings. The summed E-state index contributed by atoms with van der Waals surface area (Å²) in [5.41, 5.74) is 5.25. The predicted molar refractivity (Wildman–Crippen MR) is 45.8 cm³/mol. The van der Waals surface area contributed by atoms with E-state index >= 15 is 0 Å². The molecule has 2 N–H and O–H groups in total. The molecule has 0 bridgehead atoms. The molecule has 0 aliphatic heterocycles. The van der Waals surface area contributed by atoms with E-state index in [-0.39, 0.29) is 12.4 Å². The number of aromatic nitrogens is 2. The van der Waals surface area contributed by atoms with E-state index < -0.39 is 0 Å². The first-order chi connectivity index (χ1) is 4.86. The standard InChI is InChI=1S/C5H9N3OS.ClH/c1-2-10-5-8-7-4(3-6)9-5;/h2-3,6H2,1H3;1H. The minimum Gasteiger partial charge on any atom is -0.415 e. The Labute approximate surface area is 75.3 Å². The highest BCUT2D eigenvalue weighted by Crippen LogP contribution is 2.14. The summed E-state index contributed by atoms with van der Waals surface area (Å²) in [5.74, 6) is 1.43. The summed E-state index contributed by atoms with van der Waals surface area (Å²) in [6.07, 6.45) is 0. The number of rotatable bonds is 3. The Morgan fingerprint density at radius 1 is 1.55 bits per heavy atom. The monoisotopic (exact) mass is 195 g/mol. The van der Waals surface area contributed by atoms with Crippen LogP contribution in [0.5, 0.6) is 0 Å². The second-order valence-corrected chi connectivity index (χ2v) is 2.81. The first kappa shape index (κ1) is 10.7. The molecule has 1 heterocycles. The summed E-state index contributed by atoms with van der Waals surface area (Å²) in [6, 6.07) is 0. The second-order valence-electron chi connectivity index (χ2n) is 1.60. The van der Waals surface area contributed by atoms with Crippen LogP contribution in [0, 0.1) is 0 Å². The van der Waals surface area contributed by atoms with Crippen molar-refractivity contribution in [1.29, 1.82) is 0 Å². The van der Waals surface area contributed by atoms with E-state index in [1.54, 1.807) is 0 Å². The number of nitrogens with two attached hydrogens (primary N) is 1. The normalized spacial score (nSPS) is 9.27. The van der Waals surface area contributed by atoms with Gasteiger partial charge in [-0.3, -0.25) is 0 Å². The Bertz CT molecular complexity index is 205. The average Bonchev–Trinajstić information content (AvgIpc) is 2.37. The van der Waals surface area contributed by atoms with E-state index in [0.717, 1.165) is 5.75 Å². The topological polar surface area (TPSA) is 64.9 Å². The number of nitrogens with zero attached hydrogens (tertiary/aromatic N) is 2. The lowest BCUT2D eigenvalue weighted by atomic mass is 10.7. The van der Waals surface area contributed by atoms with E-state index in [0.29, 0.717) is 17.7 Å². The minimum absolute atomic E-state index is 0. The number of halogens is 1. The van der Waals surface area contributed by atoms with Gasteiger partial charge in [-0.1, -0.05) is 18.7 Å². The van der Waals surface area contributed by atoms with Gasteiger partial charge in [-0.25, -0.2) is 0 Å². The number of hydrogen-bond acceptors (Lipinski definition) is 5. The van der Waals surface area contributed by atoms with Crippen molar-refractivity contribution in [3.8, 4) is 0 Å². The van der Waals surface area contributed by atoms with E-state index in [2.05, 4.69) is 10.2 Å². The van der Waals surface area contributed by atoms with Gasteiger partial charge in [-0.05, 0) is 5.75 Å². The highest BCUT2D eigenvalue weighted by molar-refractivity contribution is 7.99. The van der Waals surface area contributed by atoms with Crippen molar-refractivity contribution in [2.24, 2.45) is 5.73 Å². The van der Waals surface area contributed by atoms with Crippen LogP contribution in [0.4, 0.5) is 0 Å². The van der Waals surface area contributed by atoms with E-state index in [9.17, 15) is 0 Å². The molecule has 0 saturated heterocycles. The Hall–Kier alpha value is -0.260. The number of hydrogen-bond donors (Lipinski definition) is 1. The van der Waals surface area contributed by atoms with Crippen molar-refractivity contribution < 1.29 is 4.42 Å². The maximum Gasteiger partial charge on any atom is 0.276 e. The fourth-order valence-electron chi connectivity index (χ4n) is 0.502. The van der Waals surface area contributed by atoms with Crippen LogP contribution in [0.2, 0.25) is 0 Å². The Balaban J connectivity index is 0.000001000. The molecule has 0 aliphatic rings. The van der Waals surface area contributed by atoms with Gasteiger partial charge >= 0.3 is 0 Å². The van der Waals surface area contributed by atoms with Crippen LogP contribution in [0.1, 0.15) is 12.8 Å². The maximum atomic E-state index is 5.25. The van der Waals surface area contributed by atoms with Crippen molar-refractivity contribution in [2.75, 3.05) is 5.75 Å². The third kappa shape index (κ3) is 3.09. The fraction of sp³-hybridized carbons (Fsp3) is 0.600. The van der Waals surface area contributed by atoms with Crippen LogP contribution in [0.15, 0.2) is 9.64 Å². The van der Waals surface area contributed by atoms with Crippen LogP contribution in [-0.4, -0.2) is 16.0 Å². The summed E-state index contributed by atoms with van der Waals surface area (Å²) < 4.78 is 5.09. The first-order valence-electron chi connectivity index (χ1n) is 3.02. The van der Waals surface area contributed by atoms with Gasteiger partial charge in [-0.15, -0.1) is 22.6 Å². The van der Waals surface area contributed by atoms with Gasteiger partial charge in [-0.2, -0.15) is 0 Å². The second kappa shape index (κ2) is 5.40. The summed E-state index contributed by atoms with van der Waals surface area (Å²) in [7, 11) is 0. The Morgan fingerprint density at radius 2 is 2.27 bits per heavy atom. The Morgan fingerprint density at radius 3 is 2.73 bits per heavy atom. The average molecular weight is 196 g/mol. The first-order valence-corrected chi connectivity index (χ1v) is 4.00. The molecule has 4 nitrogen and oxygen atoms in total. The van der Waals surface area contributed by atoms with Crippen molar-refractivity contribution in [3.63, 3.8) is 0 Å². The molecule has 0 fully saturated rings. The van der Waals surface area contributed by atoms with Crippen LogP contribution < -0.4 is 5.73 Å². The molecule has 1 aromatic heterocycles. The molecule has 11 heavy (non-hydrogen) atoms. The molecular formula is C5H10ClN3OS. The smallest absolute Gasteiger partial charge is 0.276 e. The van der Waals surface area contributed by atoms with Gasteiger partial charge in [0.15, 0.2) is 0 Å². The lowest BCUT2D eigenvalue weighted by Crippen LogP contribution is -1.95. The highest BCUT2D eigenvalue weighted by Gasteiger charge is 2.01. The molecule has 64 valence electrons. The Kier molecular flexibility index (Phi) is 5.27. The van der Waals surface area contributed by atoms with Gasteiger partial charge in [0.1, 0.15) is 0 Å². The van der Waals surface area contributed by atoms with Gasteiger partial charge in [0.2, 0.25) is 5.89 Å². The molecule has 0 amide bonds. The molecule has 1 rings (SSSR count). The van der Waals surface area contributed by atoms with Crippen molar-refractivity contribution in [1.82, 2.24) is 10.2 Å². The van der Waals surface area contributed by atoms with Crippen LogP contribution in [-0.2, 0) is 6.54 Å². The van der Waals surface area contributed by atoms with Crippen LogP contribution in [0.3, 0.4) is 0 Å². The molecule has 0 atom stereocenters. The van der Waals surface area contributed by atoms with Crippen LogP contribution >= 0.6 is 24.2 Å². The summed E-state index contributed by atoms with van der Waals surface area (Å²) in [4.78, 5) is 0. The molecule has 0 aromatic carbocycles. The highest BCUT2D eigenvalue weighted by atomic mass is 35.5. The molecule has 0 radical (unpaired) electrons.